The third-order valence-corrected chi connectivity index (χ3v) is 5.64. The number of carbonyl (C=O) groups is 1. The van der Waals surface area contributed by atoms with Gasteiger partial charge in [0.2, 0.25) is 0 Å². The number of pyridine rings is 1. The van der Waals surface area contributed by atoms with E-state index < -0.39 is 0 Å². The predicted molar refractivity (Wildman–Crippen MR) is 99.2 cm³/mol. The van der Waals surface area contributed by atoms with Crippen molar-refractivity contribution in [2.75, 3.05) is 0 Å². The molecule has 5 heteroatoms. The van der Waals surface area contributed by atoms with E-state index in [1.165, 1.54) is 0 Å². The summed E-state index contributed by atoms with van der Waals surface area (Å²) in [6.45, 7) is 0. The fraction of sp³-hybridized carbons (Fsp3) is 0.333. The number of carbonyl (C=O) groups excluding carboxylic acids is 1. The molecule has 2 atom stereocenters. The first-order chi connectivity index (χ1) is 12.8. The van der Waals surface area contributed by atoms with Crippen LogP contribution in [-0.2, 0) is 0 Å². The second-order valence-electron chi connectivity index (χ2n) is 7.26. The fourth-order valence-corrected chi connectivity index (χ4v) is 4.49. The van der Waals surface area contributed by atoms with Crippen molar-refractivity contribution in [2.24, 2.45) is 0 Å². The maximum Gasteiger partial charge on any atom is 0.270 e. The van der Waals surface area contributed by atoms with Crippen LogP contribution in [0.3, 0.4) is 0 Å². The van der Waals surface area contributed by atoms with Crippen molar-refractivity contribution in [2.45, 2.75) is 43.9 Å². The number of fused-ring (bicyclic) bond motifs is 3. The first kappa shape index (κ1) is 15.4. The van der Waals surface area contributed by atoms with Gasteiger partial charge in [-0.3, -0.25) is 9.78 Å². The van der Waals surface area contributed by atoms with E-state index in [2.05, 4.69) is 14.9 Å². The second-order valence-corrected chi connectivity index (χ2v) is 7.26. The Bertz CT molecular complexity index is 890. The number of aromatic amines is 1. The van der Waals surface area contributed by atoms with E-state index in [0.29, 0.717) is 5.69 Å². The van der Waals surface area contributed by atoms with Crippen molar-refractivity contribution < 1.29 is 9.53 Å². The molecule has 2 fully saturated rings. The summed E-state index contributed by atoms with van der Waals surface area (Å²) in [5.74, 6) is 0.982. The lowest BCUT2D eigenvalue weighted by molar-refractivity contribution is 0.0354. The molecule has 2 unspecified atom stereocenters. The molecule has 5 rings (SSSR count). The van der Waals surface area contributed by atoms with E-state index in [1.807, 2.05) is 42.5 Å². The predicted octanol–water partition coefficient (Wildman–Crippen LogP) is 3.78. The monoisotopic (exact) mass is 347 g/mol. The van der Waals surface area contributed by atoms with Crippen LogP contribution < -0.4 is 4.74 Å². The summed E-state index contributed by atoms with van der Waals surface area (Å²) < 4.78 is 6.13. The summed E-state index contributed by atoms with van der Waals surface area (Å²) in [5, 5.41) is 1.08. The van der Waals surface area contributed by atoms with Crippen LogP contribution in [-0.4, -0.2) is 39.0 Å². The lowest BCUT2D eigenvalue weighted by atomic mass is 9.99. The van der Waals surface area contributed by atoms with Gasteiger partial charge in [-0.2, -0.15) is 0 Å². The van der Waals surface area contributed by atoms with Gasteiger partial charge in [0.05, 0.1) is 0 Å². The van der Waals surface area contributed by atoms with Gasteiger partial charge in [-0.1, -0.05) is 18.2 Å². The number of hydrogen-bond acceptors (Lipinski definition) is 3. The molecule has 1 amide bonds. The van der Waals surface area contributed by atoms with Gasteiger partial charge in [0.15, 0.2) is 0 Å². The van der Waals surface area contributed by atoms with Gasteiger partial charge < -0.3 is 14.6 Å². The number of nitrogens with one attached hydrogen (secondary N) is 1. The third kappa shape index (κ3) is 2.64. The molecule has 3 aromatic rings. The first-order valence-corrected chi connectivity index (χ1v) is 9.25. The van der Waals surface area contributed by atoms with Crippen molar-refractivity contribution >= 4 is 16.8 Å². The Kier molecular flexibility index (Phi) is 3.66. The van der Waals surface area contributed by atoms with Crippen LogP contribution in [0.15, 0.2) is 54.9 Å². The number of para-hydroxylation sites is 1. The number of hydrogen-bond donors (Lipinski definition) is 1. The molecular formula is C21H21N3O2. The summed E-state index contributed by atoms with van der Waals surface area (Å²) in [7, 11) is 0. The quantitative estimate of drug-likeness (QED) is 0.784. The van der Waals surface area contributed by atoms with Crippen molar-refractivity contribution in [1.29, 1.82) is 0 Å². The van der Waals surface area contributed by atoms with Crippen molar-refractivity contribution in [3.63, 3.8) is 0 Å². The molecule has 1 aromatic carbocycles. The molecule has 0 aliphatic carbocycles. The van der Waals surface area contributed by atoms with E-state index in [4.69, 9.17) is 4.74 Å². The van der Waals surface area contributed by atoms with Crippen LogP contribution in [0.25, 0.3) is 10.9 Å². The molecule has 2 aromatic heterocycles. The maximum absolute atomic E-state index is 13.1. The molecule has 2 bridgehead atoms. The van der Waals surface area contributed by atoms with E-state index >= 15 is 0 Å². The molecule has 0 spiro atoms. The van der Waals surface area contributed by atoms with Crippen LogP contribution in [0.5, 0.6) is 5.75 Å². The standard InChI is InChI=1S/C21H21N3O2/c25-21(20-11-14-3-1-2-4-19(14)23-20)24-15-5-6-16(24)13-18(12-15)26-17-7-9-22-10-8-17/h1-4,7-11,15-16,18,23H,5-6,12-13H2. The van der Waals surface area contributed by atoms with Crippen LogP contribution in [0, 0.1) is 0 Å². The van der Waals surface area contributed by atoms with Crippen molar-refractivity contribution in [3.8, 4) is 5.75 Å². The van der Waals surface area contributed by atoms with E-state index in [9.17, 15) is 4.79 Å². The van der Waals surface area contributed by atoms with Crippen LogP contribution in [0.4, 0.5) is 0 Å². The lowest BCUT2D eigenvalue weighted by Gasteiger charge is -2.38. The van der Waals surface area contributed by atoms with Gasteiger partial charge in [0, 0.05) is 48.2 Å². The molecule has 132 valence electrons. The highest BCUT2D eigenvalue weighted by Crippen LogP contribution is 2.38. The van der Waals surface area contributed by atoms with Crippen LogP contribution in [0.2, 0.25) is 0 Å². The molecule has 0 saturated carbocycles. The van der Waals surface area contributed by atoms with Gasteiger partial charge in [0.25, 0.3) is 5.91 Å². The average Bonchev–Trinajstić information content (AvgIpc) is 3.21. The maximum atomic E-state index is 13.1. The zero-order chi connectivity index (χ0) is 17.5. The number of H-pyrrole nitrogens is 1. The Hall–Kier alpha value is -2.82. The van der Waals surface area contributed by atoms with E-state index in [-0.39, 0.29) is 24.1 Å². The second kappa shape index (κ2) is 6.16. The summed E-state index contributed by atoms with van der Waals surface area (Å²) in [6.07, 6.45) is 7.58. The van der Waals surface area contributed by atoms with Crippen LogP contribution in [0.1, 0.15) is 36.2 Å². The summed E-state index contributed by atoms with van der Waals surface area (Å²) in [5.41, 5.74) is 1.70. The molecule has 26 heavy (non-hydrogen) atoms. The Morgan fingerprint density at radius 3 is 2.54 bits per heavy atom. The Balaban J connectivity index is 1.34. The minimum absolute atomic E-state index is 0.121. The highest BCUT2D eigenvalue weighted by atomic mass is 16.5. The van der Waals surface area contributed by atoms with Crippen molar-refractivity contribution in [1.82, 2.24) is 14.9 Å². The summed E-state index contributed by atoms with van der Waals surface area (Å²) in [6, 6.07) is 14.3. The number of ether oxygens (including phenoxy) is 1. The first-order valence-electron chi connectivity index (χ1n) is 9.25. The highest BCUT2D eigenvalue weighted by Gasteiger charge is 2.44. The average molecular weight is 347 g/mol. The molecule has 2 aliphatic rings. The van der Waals surface area contributed by atoms with E-state index in [1.54, 1.807) is 12.4 Å². The highest BCUT2D eigenvalue weighted by molar-refractivity contribution is 5.98. The van der Waals surface area contributed by atoms with Crippen molar-refractivity contribution in [3.05, 3.63) is 60.6 Å². The zero-order valence-corrected chi connectivity index (χ0v) is 14.5. The Morgan fingerprint density at radius 1 is 1.08 bits per heavy atom. The minimum Gasteiger partial charge on any atom is -0.490 e. The molecule has 2 aliphatic heterocycles. The van der Waals surface area contributed by atoms with E-state index in [0.717, 1.165) is 42.3 Å². The van der Waals surface area contributed by atoms with Crippen LogP contribution >= 0.6 is 0 Å². The molecule has 2 saturated heterocycles. The van der Waals surface area contributed by atoms with Gasteiger partial charge in [0.1, 0.15) is 17.5 Å². The lowest BCUT2D eigenvalue weighted by Crippen LogP contribution is -2.49. The summed E-state index contributed by atoms with van der Waals surface area (Å²) in [4.78, 5) is 22.5. The Morgan fingerprint density at radius 2 is 1.81 bits per heavy atom. The smallest absolute Gasteiger partial charge is 0.270 e. The molecule has 5 nitrogen and oxygen atoms in total. The van der Waals surface area contributed by atoms with Gasteiger partial charge in [-0.15, -0.1) is 0 Å². The molecule has 4 heterocycles. The van der Waals surface area contributed by atoms with Gasteiger partial charge >= 0.3 is 0 Å². The fourth-order valence-electron chi connectivity index (χ4n) is 4.49. The van der Waals surface area contributed by atoms with Gasteiger partial charge in [-0.25, -0.2) is 0 Å². The topological polar surface area (TPSA) is 58.2 Å². The molecular weight excluding hydrogens is 326 g/mol. The van der Waals surface area contributed by atoms with Gasteiger partial charge in [-0.05, 0) is 37.1 Å². The number of piperidine rings is 1. The SMILES string of the molecule is O=C(c1cc2ccccc2[nH]1)N1C2CCC1CC(Oc1ccncc1)C2. The molecule has 0 radical (unpaired) electrons. The third-order valence-electron chi connectivity index (χ3n) is 5.64. The summed E-state index contributed by atoms with van der Waals surface area (Å²) >= 11 is 0. The number of rotatable bonds is 3. The Labute approximate surface area is 152 Å². The molecule has 1 N–H and O–H groups in total. The minimum atomic E-state index is 0.121. The largest absolute Gasteiger partial charge is 0.490 e. The number of amides is 1. The number of nitrogens with zero attached hydrogens (tertiary/aromatic N) is 2. The number of aromatic nitrogens is 2. The number of benzene rings is 1. The zero-order valence-electron chi connectivity index (χ0n) is 14.5. The normalized spacial score (nSPS) is 24.8.